The molecule has 0 bridgehead atoms. The predicted molar refractivity (Wildman–Crippen MR) is 137 cm³/mol. The zero-order valence-electron chi connectivity index (χ0n) is 21.9. The molecule has 4 saturated carbocycles. The fourth-order valence-corrected chi connectivity index (χ4v) is 9.87. The lowest BCUT2D eigenvalue weighted by molar-refractivity contribution is -0.129. The Morgan fingerprint density at radius 3 is 2.74 bits per heavy atom. The van der Waals surface area contributed by atoms with E-state index in [9.17, 15) is 10.4 Å². The topological polar surface area (TPSA) is 53.2 Å². The van der Waals surface area contributed by atoms with Crippen molar-refractivity contribution in [2.75, 3.05) is 13.2 Å². The molecule has 5 rings (SSSR count). The number of ether oxygens (including phenoxy) is 1. The van der Waals surface area contributed by atoms with Gasteiger partial charge in [-0.25, -0.2) is 0 Å². The van der Waals surface area contributed by atoms with Crippen molar-refractivity contribution in [3.8, 4) is 6.07 Å². The molecule has 0 unspecified atom stereocenters. The van der Waals surface area contributed by atoms with Gasteiger partial charge in [0.1, 0.15) is 0 Å². The molecule has 34 heavy (non-hydrogen) atoms. The Labute approximate surface area is 208 Å². The third-order valence-electron chi connectivity index (χ3n) is 11.3. The van der Waals surface area contributed by atoms with Crippen molar-refractivity contribution >= 4 is 0 Å². The quantitative estimate of drug-likeness (QED) is 0.450. The molecule has 1 N–H and O–H groups in total. The molecule has 3 nitrogen and oxygen atoms in total. The van der Waals surface area contributed by atoms with E-state index in [1.54, 1.807) is 0 Å². The van der Waals surface area contributed by atoms with Gasteiger partial charge < -0.3 is 9.84 Å². The van der Waals surface area contributed by atoms with Crippen LogP contribution in [0, 0.1) is 58.2 Å². The van der Waals surface area contributed by atoms with Crippen molar-refractivity contribution in [3.63, 3.8) is 0 Å². The Kier molecular flexibility index (Phi) is 7.04. The second-order valence-corrected chi connectivity index (χ2v) is 13.0. The molecule has 0 heterocycles. The first-order valence-corrected chi connectivity index (χ1v) is 14.5. The van der Waals surface area contributed by atoms with Crippen LogP contribution in [-0.2, 0) is 4.74 Å². The molecule has 4 fully saturated rings. The highest BCUT2D eigenvalue weighted by Crippen LogP contribution is 2.66. The van der Waals surface area contributed by atoms with E-state index in [-0.39, 0.29) is 0 Å². The molecule has 5 aliphatic rings. The number of allylic oxidation sites excluding steroid dienone is 4. The minimum Gasteiger partial charge on any atom is -0.387 e. The first-order chi connectivity index (χ1) is 16.4. The van der Waals surface area contributed by atoms with Gasteiger partial charge in [-0.1, -0.05) is 25.5 Å². The summed E-state index contributed by atoms with van der Waals surface area (Å²) < 4.78 is 5.66. The largest absolute Gasteiger partial charge is 0.387 e. The molecule has 0 radical (unpaired) electrons. The Morgan fingerprint density at radius 2 is 1.94 bits per heavy atom. The van der Waals surface area contributed by atoms with Crippen LogP contribution in [0.25, 0.3) is 0 Å². The number of hydrogen-bond donors (Lipinski definition) is 1. The SMILES string of the molecule is CCOC[C@@]1(O)CC[C@H]2[C@H](CC[C@@H]3[C@@H]2CC[C@]2(C)[C@@H]([C@H](C)CC4=CCCC(C#N)=C4)CC[C@@H]32)C1. The lowest BCUT2D eigenvalue weighted by Gasteiger charge is -2.57. The summed E-state index contributed by atoms with van der Waals surface area (Å²) in [7, 11) is 0. The van der Waals surface area contributed by atoms with E-state index in [2.05, 4.69) is 32.1 Å². The van der Waals surface area contributed by atoms with Crippen LogP contribution < -0.4 is 0 Å². The smallest absolute Gasteiger partial charge is 0.0947 e. The standard InChI is InChI=1S/C31H47NO2/c1-4-34-20-31(33)15-13-25-24(18-31)8-9-27-26(25)12-14-30(3)28(10-11-29(27)30)21(2)16-22-6-5-7-23(17-22)19-32/h6,17,21,24-29,33H,4-5,7-16,18,20H2,1-3H3/t21-,24-,25+,26-,27-,28-,29+,30-,31-/m1/s1. The van der Waals surface area contributed by atoms with Crippen LogP contribution in [0.1, 0.15) is 97.8 Å². The van der Waals surface area contributed by atoms with Gasteiger partial charge in [0.25, 0.3) is 0 Å². The lowest BCUT2D eigenvalue weighted by atomic mass is 9.48. The summed E-state index contributed by atoms with van der Waals surface area (Å²) in [6.07, 6.45) is 19.1. The Balaban J connectivity index is 1.25. The molecule has 0 saturated heterocycles. The number of nitriles is 1. The lowest BCUT2D eigenvalue weighted by Crippen LogP contribution is -2.52. The zero-order chi connectivity index (χ0) is 23.9. The summed E-state index contributed by atoms with van der Waals surface area (Å²) in [4.78, 5) is 0. The first-order valence-electron chi connectivity index (χ1n) is 14.5. The van der Waals surface area contributed by atoms with Gasteiger partial charge in [-0.15, -0.1) is 0 Å². The highest BCUT2D eigenvalue weighted by atomic mass is 16.5. The molecule has 188 valence electrons. The molecule has 0 amide bonds. The number of aliphatic hydroxyl groups is 1. The van der Waals surface area contributed by atoms with Crippen LogP contribution in [-0.4, -0.2) is 23.9 Å². The van der Waals surface area contributed by atoms with Crippen LogP contribution in [0.2, 0.25) is 0 Å². The van der Waals surface area contributed by atoms with Crippen molar-refractivity contribution in [1.29, 1.82) is 5.26 Å². The molecule has 0 aromatic heterocycles. The van der Waals surface area contributed by atoms with Gasteiger partial charge in [-0.2, -0.15) is 5.26 Å². The summed E-state index contributed by atoms with van der Waals surface area (Å²) >= 11 is 0. The van der Waals surface area contributed by atoms with E-state index in [0.717, 1.165) is 67.3 Å². The highest BCUT2D eigenvalue weighted by Gasteiger charge is 2.58. The molecule has 0 spiro atoms. The Hall–Kier alpha value is -1.11. The molecule has 0 aliphatic heterocycles. The second kappa shape index (κ2) is 9.74. The average molecular weight is 466 g/mol. The maximum atomic E-state index is 11.1. The van der Waals surface area contributed by atoms with Gasteiger partial charge in [0, 0.05) is 12.2 Å². The number of hydrogen-bond acceptors (Lipinski definition) is 3. The summed E-state index contributed by atoms with van der Waals surface area (Å²) in [6.45, 7) is 8.41. The molecule has 9 atom stereocenters. The van der Waals surface area contributed by atoms with Gasteiger partial charge in [0.15, 0.2) is 0 Å². The van der Waals surface area contributed by atoms with E-state index in [1.807, 2.05) is 6.92 Å². The monoisotopic (exact) mass is 465 g/mol. The number of rotatable bonds is 6. The maximum absolute atomic E-state index is 11.1. The van der Waals surface area contributed by atoms with Crippen molar-refractivity contribution in [3.05, 3.63) is 23.3 Å². The van der Waals surface area contributed by atoms with Crippen LogP contribution in [0.4, 0.5) is 0 Å². The van der Waals surface area contributed by atoms with E-state index in [1.165, 1.54) is 50.5 Å². The van der Waals surface area contributed by atoms with Gasteiger partial charge >= 0.3 is 0 Å². The normalized spacial score (nSPS) is 44.7. The van der Waals surface area contributed by atoms with Crippen molar-refractivity contribution < 1.29 is 9.84 Å². The first kappa shape index (κ1) is 24.6. The number of nitrogens with zero attached hydrogens (tertiary/aromatic N) is 1. The average Bonchev–Trinajstić information content (AvgIpc) is 3.20. The summed E-state index contributed by atoms with van der Waals surface area (Å²) in [5, 5.41) is 20.5. The van der Waals surface area contributed by atoms with Gasteiger partial charge in [-0.3, -0.25) is 0 Å². The van der Waals surface area contributed by atoms with Crippen LogP contribution in [0.15, 0.2) is 23.3 Å². The molecule has 3 heteroatoms. The van der Waals surface area contributed by atoms with Gasteiger partial charge in [0.2, 0.25) is 0 Å². The Bertz CT molecular complexity index is 854. The van der Waals surface area contributed by atoms with Crippen LogP contribution in [0.3, 0.4) is 0 Å². The molecule has 0 aromatic rings. The predicted octanol–water partition coefficient (Wildman–Crippen LogP) is 7.22. The van der Waals surface area contributed by atoms with E-state index in [0.29, 0.717) is 30.5 Å². The third kappa shape index (κ3) is 4.43. The van der Waals surface area contributed by atoms with E-state index in [4.69, 9.17) is 4.74 Å². The summed E-state index contributed by atoms with van der Waals surface area (Å²) in [5.74, 6) is 5.77. The molecular formula is C31H47NO2. The van der Waals surface area contributed by atoms with Gasteiger partial charge in [-0.05, 0) is 137 Å². The number of fused-ring (bicyclic) bond motifs is 5. The third-order valence-corrected chi connectivity index (χ3v) is 11.3. The fourth-order valence-electron chi connectivity index (χ4n) is 9.87. The van der Waals surface area contributed by atoms with E-state index >= 15 is 0 Å². The second-order valence-electron chi connectivity index (χ2n) is 13.0. The molecule has 5 aliphatic carbocycles. The zero-order valence-corrected chi connectivity index (χ0v) is 21.9. The van der Waals surface area contributed by atoms with Crippen molar-refractivity contribution in [1.82, 2.24) is 0 Å². The summed E-state index contributed by atoms with van der Waals surface area (Å²) in [6, 6.07) is 2.40. The fraction of sp³-hybridized carbons (Fsp3) is 0.839. The highest BCUT2D eigenvalue weighted by molar-refractivity contribution is 5.35. The van der Waals surface area contributed by atoms with Crippen molar-refractivity contribution in [2.24, 2.45) is 46.8 Å². The Morgan fingerprint density at radius 1 is 1.12 bits per heavy atom. The molecular weight excluding hydrogens is 418 g/mol. The van der Waals surface area contributed by atoms with Crippen molar-refractivity contribution in [2.45, 2.75) is 103 Å². The maximum Gasteiger partial charge on any atom is 0.0947 e. The van der Waals surface area contributed by atoms with E-state index < -0.39 is 5.60 Å². The van der Waals surface area contributed by atoms with Crippen LogP contribution >= 0.6 is 0 Å². The minimum absolute atomic E-state index is 0.495. The molecule has 0 aromatic carbocycles. The minimum atomic E-state index is -0.575. The van der Waals surface area contributed by atoms with Gasteiger partial charge in [0.05, 0.1) is 18.3 Å². The summed E-state index contributed by atoms with van der Waals surface area (Å²) in [5.41, 5.74) is 2.31. The van der Waals surface area contributed by atoms with Crippen LogP contribution in [0.5, 0.6) is 0 Å².